The van der Waals surface area contributed by atoms with Crippen LogP contribution >= 0.6 is 0 Å². The Labute approximate surface area is 186 Å². The Hall–Kier alpha value is -2.49. The molecule has 1 saturated heterocycles. The van der Waals surface area contributed by atoms with Crippen LogP contribution in [0.25, 0.3) is 0 Å². The zero-order valence-electron chi connectivity index (χ0n) is 18.9. The summed E-state index contributed by atoms with van der Waals surface area (Å²) >= 11 is 0. The lowest BCUT2D eigenvalue weighted by Crippen LogP contribution is -2.50. The van der Waals surface area contributed by atoms with E-state index in [0.717, 1.165) is 0 Å². The van der Waals surface area contributed by atoms with Crippen molar-refractivity contribution in [2.75, 3.05) is 38.2 Å². The van der Waals surface area contributed by atoms with Gasteiger partial charge in [-0.1, -0.05) is 20.8 Å². The third-order valence-electron chi connectivity index (χ3n) is 4.84. The molecule has 1 heterocycles. The van der Waals surface area contributed by atoms with Crippen molar-refractivity contribution in [3.63, 3.8) is 0 Å². The van der Waals surface area contributed by atoms with Crippen molar-refractivity contribution in [2.24, 2.45) is 11.3 Å². The van der Waals surface area contributed by atoms with Crippen LogP contribution in [0.1, 0.15) is 34.1 Å². The van der Waals surface area contributed by atoms with Gasteiger partial charge in [0.2, 0.25) is 11.8 Å². The number of rotatable bonds is 8. The number of anilines is 1. The number of nitrogens with zero attached hydrogens (tertiary/aromatic N) is 1. The highest BCUT2D eigenvalue weighted by molar-refractivity contribution is 6.00. The SMILES string of the molecule is C[C@@H](CNc1ccc(OC(F)(F)F)cc1)NC(=O)[C@@H](CC(C)(C)C)C(=O)N1CCOCC1. The quantitative estimate of drug-likeness (QED) is 0.583. The molecule has 180 valence electrons. The van der Waals surface area contributed by atoms with Gasteiger partial charge in [-0.3, -0.25) is 9.59 Å². The van der Waals surface area contributed by atoms with Crippen LogP contribution in [0.3, 0.4) is 0 Å². The van der Waals surface area contributed by atoms with Crippen LogP contribution in [0.4, 0.5) is 18.9 Å². The Morgan fingerprint density at radius 2 is 1.72 bits per heavy atom. The zero-order valence-corrected chi connectivity index (χ0v) is 18.9. The molecule has 0 spiro atoms. The summed E-state index contributed by atoms with van der Waals surface area (Å²) in [4.78, 5) is 27.6. The zero-order chi connectivity index (χ0) is 23.9. The van der Waals surface area contributed by atoms with E-state index >= 15 is 0 Å². The molecule has 1 aromatic carbocycles. The normalized spacial score (nSPS) is 16.8. The molecule has 32 heavy (non-hydrogen) atoms. The van der Waals surface area contributed by atoms with E-state index in [9.17, 15) is 22.8 Å². The molecule has 1 aromatic rings. The van der Waals surface area contributed by atoms with Gasteiger partial charge >= 0.3 is 6.36 Å². The minimum Gasteiger partial charge on any atom is -0.406 e. The van der Waals surface area contributed by atoms with Gasteiger partial charge < -0.3 is 25.0 Å². The molecule has 2 atom stereocenters. The average molecular weight is 460 g/mol. The van der Waals surface area contributed by atoms with Gasteiger partial charge in [0, 0.05) is 31.4 Å². The monoisotopic (exact) mass is 459 g/mol. The van der Waals surface area contributed by atoms with E-state index in [1.54, 1.807) is 11.8 Å². The third kappa shape index (κ3) is 8.94. The van der Waals surface area contributed by atoms with Gasteiger partial charge in [-0.2, -0.15) is 0 Å². The van der Waals surface area contributed by atoms with Crippen molar-refractivity contribution < 1.29 is 32.2 Å². The van der Waals surface area contributed by atoms with E-state index in [-0.39, 0.29) is 29.0 Å². The highest BCUT2D eigenvalue weighted by Gasteiger charge is 2.35. The third-order valence-corrected chi connectivity index (χ3v) is 4.84. The fraction of sp³-hybridized carbons (Fsp3) is 0.636. The molecule has 0 saturated carbocycles. The van der Waals surface area contributed by atoms with E-state index in [1.165, 1.54) is 24.3 Å². The molecule has 2 N–H and O–H groups in total. The number of halogens is 3. The second-order valence-electron chi connectivity index (χ2n) is 9.12. The van der Waals surface area contributed by atoms with Gasteiger partial charge in [0.1, 0.15) is 11.7 Å². The fourth-order valence-corrected chi connectivity index (χ4v) is 3.35. The summed E-state index contributed by atoms with van der Waals surface area (Å²) in [5.41, 5.74) is 0.363. The van der Waals surface area contributed by atoms with E-state index < -0.39 is 12.3 Å². The lowest BCUT2D eigenvalue weighted by Gasteiger charge is -2.33. The van der Waals surface area contributed by atoms with Crippen LogP contribution in [0.2, 0.25) is 0 Å². The Kier molecular flexibility index (Phi) is 8.77. The van der Waals surface area contributed by atoms with Crippen molar-refractivity contribution in [2.45, 2.75) is 46.5 Å². The number of hydrogen-bond acceptors (Lipinski definition) is 5. The van der Waals surface area contributed by atoms with Crippen molar-refractivity contribution >= 4 is 17.5 Å². The molecule has 1 aliphatic heterocycles. The summed E-state index contributed by atoms with van der Waals surface area (Å²) in [6.45, 7) is 9.94. The summed E-state index contributed by atoms with van der Waals surface area (Å²) in [7, 11) is 0. The smallest absolute Gasteiger partial charge is 0.406 e. The van der Waals surface area contributed by atoms with Crippen LogP contribution in [0, 0.1) is 11.3 Å². The largest absolute Gasteiger partial charge is 0.573 e. The van der Waals surface area contributed by atoms with E-state index in [4.69, 9.17) is 4.74 Å². The van der Waals surface area contributed by atoms with Crippen LogP contribution in [0.15, 0.2) is 24.3 Å². The molecule has 0 radical (unpaired) electrons. The lowest BCUT2D eigenvalue weighted by atomic mass is 9.83. The Morgan fingerprint density at radius 3 is 2.25 bits per heavy atom. The second-order valence-corrected chi connectivity index (χ2v) is 9.12. The molecular formula is C22H32F3N3O4. The maximum absolute atomic E-state index is 13.0. The van der Waals surface area contributed by atoms with Crippen LogP contribution in [-0.4, -0.2) is 62.0 Å². The number of benzene rings is 1. The number of alkyl halides is 3. The average Bonchev–Trinajstić information content (AvgIpc) is 2.70. The van der Waals surface area contributed by atoms with Crippen LogP contribution < -0.4 is 15.4 Å². The molecule has 7 nitrogen and oxygen atoms in total. The number of carbonyl (C=O) groups is 2. The van der Waals surface area contributed by atoms with Crippen molar-refractivity contribution in [3.8, 4) is 5.75 Å². The summed E-state index contributed by atoms with van der Waals surface area (Å²) in [5.74, 6) is -1.63. The molecule has 10 heteroatoms. The van der Waals surface area contributed by atoms with Crippen molar-refractivity contribution in [3.05, 3.63) is 24.3 Å². The predicted molar refractivity (Wildman–Crippen MR) is 114 cm³/mol. The first-order valence-corrected chi connectivity index (χ1v) is 10.6. The maximum atomic E-state index is 13.0. The standard InChI is InChI=1S/C22H32F3N3O4/c1-15(14-26-16-5-7-17(8-6-16)32-22(23,24)25)27-19(29)18(13-21(2,3)4)20(30)28-9-11-31-12-10-28/h5-8,15,18,26H,9-14H2,1-4H3,(H,27,29)/t15-,18+/m0/s1. The van der Waals surface area contributed by atoms with E-state index in [0.29, 0.717) is 45.0 Å². The van der Waals surface area contributed by atoms with Gasteiger partial charge in [0.05, 0.1) is 13.2 Å². The Morgan fingerprint density at radius 1 is 1.12 bits per heavy atom. The Balaban J connectivity index is 1.92. The fourth-order valence-electron chi connectivity index (χ4n) is 3.35. The van der Waals surface area contributed by atoms with Gasteiger partial charge in [0.25, 0.3) is 0 Å². The molecule has 1 fully saturated rings. The second kappa shape index (κ2) is 10.9. The lowest BCUT2D eigenvalue weighted by molar-refractivity contribution is -0.274. The summed E-state index contributed by atoms with van der Waals surface area (Å²) in [6, 6.07) is 5.02. The Bertz CT molecular complexity index is 757. The van der Waals surface area contributed by atoms with Crippen molar-refractivity contribution in [1.29, 1.82) is 0 Å². The molecule has 0 bridgehead atoms. The van der Waals surface area contributed by atoms with Gasteiger partial charge in [-0.15, -0.1) is 13.2 Å². The molecule has 2 amide bonds. The molecule has 0 aliphatic carbocycles. The van der Waals surface area contributed by atoms with Gasteiger partial charge in [0.15, 0.2) is 0 Å². The highest BCUT2D eigenvalue weighted by Crippen LogP contribution is 2.27. The predicted octanol–water partition coefficient (Wildman–Crippen LogP) is 3.41. The number of hydrogen-bond donors (Lipinski definition) is 2. The number of carbonyl (C=O) groups excluding carboxylic acids is 2. The molecule has 1 aliphatic rings. The number of ether oxygens (including phenoxy) is 2. The summed E-state index contributed by atoms with van der Waals surface area (Å²) in [5, 5.41) is 5.94. The number of nitrogens with one attached hydrogen (secondary N) is 2. The van der Waals surface area contributed by atoms with E-state index in [2.05, 4.69) is 15.4 Å². The maximum Gasteiger partial charge on any atom is 0.573 e. The minimum atomic E-state index is -4.74. The number of morpholine rings is 1. The first kappa shape index (κ1) is 25.8. The first-order valence-electron chi connectivity index (χ1n) is 10.6. The first-order chi connectivity index (χ1) is 14.8. The topological polar surface area (TPSA) is 79.9 Å². The van der Waals surface area contributed by atoms with Crippen LogP contribution in [-0.2, 0) is 14.3 Å². The minimum absolute atomic E-state index is 0.193. The summed E-state index contributed by atoms with van der Waals surface area (Å²) < 4.78 is 45.9. The molecule has 2 rings (SSSR count). The van der Waals surface area contributed by atoms with E-state index in [1.807, 2.05) is 20.8 Å². The number of amides is 2. The van der Waals surface area contributed by atoms with Gasteiger partial charge in [-0.05, 0) is 43.0 Å². The molecular weight excluding hydrogens is 427 g/mol. The highest BCUT2D eigenvalue weighted by atomic mass is 19.4. The van der Waals surface area contributed by atoms with Gasteiger partial charge in [-0.25, -0.2) is 0 Å². The summed E-state index contributed by atoms with van der Waals surface area (Å²) in [6.07, 6.45) is -4.33. The molecule has 0 aromatic heterocycles. The van der Waals surface area contributed by atoms with Crippen molar-refractivity contribution in [1.82, 2.24) is 10.2 Å². The molecule has 0 unspecified atom stereocenters. The van der Waals surface area contributed by atoms with Crippen LogP contribution in [0.5, 0.6) is 5.75 Å².